The summed E-state index contributed by atoms with van der Waals surface area (Å²) in [5.74, 6) is 0.744. The van der Waals surface area contributed by atoms with E-state index in [1.165, 1.54) is 30.1 Å². The maximum Gasteiger partial charge on any atom is 0.387 e. The molecule has 0 aliphatic heterocycles. The number of alkyl halides is 2. The number of hydrogen-bond acceptors (Lipinski definition) is 5. The Hall–Kier alpha value is -2.29. The molecule has 0 bridgehead atoms. The standard InChI is InChI=1S/C12H12F2N4O2S/c1-7-16-17-12(21)18(7)15-6-8-3-4-9(20-11(13)14)10(5-8)19-2/h3-6,11H,1-2H3,(H,17,21). The molecule has 0 fully saturated rings. The molecule has 0 radical (unpaired) electrons. The molecular formula is C12H12F2N4O2S. The molecule has 0 aliphatic rings. The monoisotopic (exact) mass is 314 g/mol. The molecule has 21 heavy (non-hydrogen) atoms. The quantitative estimate of drug-likeness (QED) is 0.681. The summed E-state index contributed by atoms with van der Waals surface area (Å²) in [7, 11) is 1.37. The first kappa shape index (κ1) is 15.1. The molecule has 2 rings (SSSR count). The van der Waals surface area contributed by atoms with Crippen LogP contribution in [-0.4, -0.2) is 34.8 Å². The molecule has 0 saturated heterocycles. The van der Waals surface area contributed by atoms with E-state index in [-0.39, 0.29) is 11.5 Å². The first-order chi connectivity index (χ1) is 10.0. The van der Waals surface area contributed by atoms with Crippen LogP contribution in [0.5, 0.6) is 11.5 Å². The molecule has 0 atom stereocenters. The second-order valence-corrected chi connectivity index (χ2v) is 4.31. The van der Waals surface area contributed by atoms with Crippen molar-refractivity contribution >= 4 is 18.4 Å². The van der Waals surface area contributed by atoms with Gasteiger partial charge in [0, 0.05) is 0 Å². The molecule has 2 aromatic rings. The number of H-pyrrole nitrogens is 1. The van der Waals surface area contributed by atoms with Gasteiger partial charge < -0.3 is 9.47 Å². The normalized spacial score (nSPS) is 11.3. The van der Waals surface area contributed by atoms with E-state index in [0.717, 1.165) is 0 Å². The van der Waals surface area contributed by atoms with Gasteiger partial charge in [0.05, 0.1) is 13.3 Å². The predicted molar refractivity (Wildman–Crippen MR) is 74.8 cm³/mol. The Labute approximate surface area is 124 Å². The van der Waals surface area contributed by atoms with Crippen LogP contribution in [0.4, 0.5) is 8.78 Å². The SMILES string of the molecule is COc1cc(C=Nn2c(C)n[nH]c2=S)ccc1OC(F)F. The molecule has 1 aromatic carbocycles. The Morgan fingerprint density at radius 2 is 2.19 bits per heavy atom. The second-order valence-electron chi connectivity index (χ2n) is 3.92. The Morgan fingerprint density at radius 1 is 1.43 bits per heavy atom. The van der Waals surface area contributed by atoms with E-state index in [0.29, 0.717) is 16.2 Å². The van der Waals surface area contributed by atoms with E-state index in [1.807, 2.05) is 0 Å². The zero-order chi connectivity index (χ0) is 15.4. The fourth-order valence-corrected chi connectivity index (χ4v) is 1.81. The van der Waals surface area contributed by atoms with Gasteiger partial charge in [-0.2, -0.15) is 23.7 Å². The average Bonchev–Trinajstić information content (AvgIpc) is 2.76. The Kier molecular flexibility index (Phi) is 4.63. The van der Waals surface area contributed by atoms with Crippen molar-refractivity contribution in [2.24, 2.45) is 5.10 Å². The number of aromatic nitrogens is 3. The molecule has 0 amide bonds. The smallest absolute Gasteiger partial charge is 0.387 e. The van der Waals surface area contributed by atoms with Gasteiger partial charge in [-0.05, 0) is 42.9 Å². The molecular weight excluding hydrogens is 302 g/mol. The maximum absolute atomic E-state index is 12.2. The molecule has 1 N–H and O–H groups in total. The van der Waals surface area contributed by atoms with Crippen molar-refractivity contribution in [1.29, 1.82) is 0 Å². The lowest BCUT2D eigenvalue weighted by atomic mass is 10.2. The number of methoxy groups -OCH3 is 1. The van der Waals surface area contributed by atoms with E-state index in [1.54, 1.807) is 13.0 Å². The highest BCUT2D eigenvalue weighted by Crippen LogP contribution is 2.28. The fraction of sp³-hybridized carbons (Fsp3) is 0.250. The van der Waals surface area contributed by atoms with Crippen LogP contribution in [0.2, 0.25) is 0 Å². The summed E-state index contributed by atoms with van der Waals surface area (Å²) >= 11 is 5.01. The molecule has 112 valence electrons. The van der Waals surface area contributed by atoms with Crippen molar-refractivity contribution < 1.29 is 18.3 Å². The highest BCUT2D eigenvalue weighted by atomic mass is 32.1. The molecule has 1 aromatic heterocycles. The third kappa shape index (κ3) is 3.63. The number of nitrogens with zero attached hydrogens (tertiary/aromatic N) is 3. The maximum atomic E-state index is 12.2. The number of halogens is 2. The van der Waals surface area contributed by atoms with Crippen LogP contribution < -0.4 is 9.47 Å². The van der Waals surface area contributed by atoms with Gasteiger partial charge >= 0.3 is 6.61 Å². The van der Waals surface area contributed by atoms with Crippen molar-refractivity contribution in [3.8, 4) is 11.5 Å². The van der Waals surface area contributed by atoms with Crippen LogP contribution in [0.1, 0.15) is 11.4 Å². The topological polar surface area (TPSA) is 64.4 Å². The molecule has 0 aliphatic carbocycles. The van der Waals surface area contributed by atoms with Gasteiger partial charge in [-0.25, -0.2) is 0 Å². The Bertz CT molecular complexity index is 712. The zero-order valence-electron chi connectivity index (χ0n) is 11.2. The van der Waals surface area contributed by atoms with Gasteiger partial charge in [0.15, 0.2) is 11.5 Å². The molecule has 0 spiro atoms. The summed E-state index contributed by atoms with van der Waals surface area (Å²) in [6, 6.07) is 4.48. The number of nitrogens with one attached hydrogen (secondary N) is 1. The van der Waals surface area contributed by atoms with Gasteiger partial charge in [-0.15, -0.1) is 0 Å². The Morgan fingerprint density at radius 3 is 2.76 bits per heavy atom. The third-order valence-electron chi connectivity index (χ3n) is 2.54. The fourth-order valence-electron chi connectivity index (χ4n) is 1.59. The van der Waals surface area contributed by atoms with Crippen molar-refractivity contribution in [2.75, 3.05) is 7.11 Å². The number of benzene rings is 1. The van der Waals surface area contributed by atoms with Crippen LogP contribution in [-0.2, 0) is 0 Å². The lowest BCUT2D eigenvalue weighted by molar-refractivity contribution is -0.0512. The number of rotatable bonds is 5. The average molecular weight is 314 g/mol. The molecule has 0 unspecified atom stereocenters. The summed E-state index contributed by atoms with van der Waals surface area (Å²) in [6.45, 7) is -1.17. The lowest BCUT2D eigenvalue weighted by Crippen LogP contribution is -2.03. The van der Waals surface area contributed by atoms with E-state index in [4.69, 9.17) is 17.0 Å². The van der Waals surface area contributed by atoms with Gasteiger partial charge in [0.1, 0.15) is 5.82 Å². The lowest BCUT2D eigenvalue weighted by Gasteiger charge is -2.09. The van der Waals surface area contributed by atoms with Crippen LogP contribution in [0, 0.1) is 11.7 Å². The van der Waals surface area contributed by atoms with Gasteiger partial charge in [0.2, 0.25) is 4.77 Å². The number of hydrogen-bond donors (Lipinski definition) is 1. The van der Waals surface area contributed by atoms with Crippen molar-refractivity contribution in [3.63, 3.8) is 0 Å². The first-order valence-corrected chi connectivity index (χ1v) is 6.23. The molecule has 6 nitrogen and oxygen atoms in total. The van der Waals surface area contributed by atoms with Crippen molar-refractivity contribution in [3.05, 3.63) is 34.4 Å². The molecule has 9 heteroatoms. The van der Waals surface area contributed by atoms with E-state index in [9.17, 15) is 8.78 Å². The summed E-state index contributed by atoms with van der Waals surface area (Å²) < 4.78 is 35.6. The highest BCUT2D eigenvalue weighted by molar-refractivity contribution is 7.71. The number of ether oxygens (including phenoxy) is 2. The first-order valence-electron chi connectivity index (χ1n) is 5.82. The summed E-state index contributed by atoms with van der Waals surface area (Å²) in [5.41, 5.74) is 0.635. The van der Waals surface area contributed by atoms with E-state index in [2.05, 4.69) is 20.0 Å². The molecule has 1 heterocycles. The largest absolute Gasteiger partial charge is 0.493 e. The third-order valence-corrected chi connectivity index (χ3v) is 2.80. The number of aromatic amines is 1. The van der Waals surface area contributed by atoms with Gasteiger partial charge in [0.25, 0.3) is 0 Å². The van der Waals surface area contributed by atoms with Crippen molar-refractivity contribution in [1.82, 2.24) is 14.9 Å². The van der Waals surface area contributed by atoms with E-state index >= 15 is 0 Å². The van der Waals surface area contributed by atoms with Gasteiger partial charge in [-0.3, -0.25) is 5.10 Å². The second kappa shape index (κ2) is 6.44. The minimum absolute atomic E-state index is 0.0410. The summed E-state index contributed by atoms with van der Waals surface area (Å²) in [6.07, 6.45) is 1.51. The highest BCUT2D eigenvalue weighted by Gasteiger charge is 2.10. The Balaban J connectivity index is 2.27. The predicted octanol–water partition coefficient (Wildman–Crippen LogP) is 2.74. The minimum Gasteiger partial charge on any atom is -0.493 e. The molecule has 0 saturated carbocycles. The number of aryl methyl sites for hydroxylation is 1. The minimum atomic E-state index is -2.91. The van der Waals surface area contributed by atoms with E-state index < -0.39 is 6.61 Å². The van der Waals surface area contributed by atoms with Crippen LogP contribution in [0.3, 0.4) is 0 Å². The van der Waals surface area contributed by atoms with Crippen LogP contribution >= 0.6 is 12.2 Å². The van der Waals surface area contributed by atoms with Gasteiger partial charge in [-0.1, -0.05) is 0 Å². The summed E-state index contributed by atoms with van der Waals surface area (Å²) in [5, 5.41) is 10.7. The zero-order valence-corrected chi connectivity index (χ0v) is 12.0. The van der Waals surface area contributed by atoms with Crippen LogP contribution in [0.25, 0.3) is 0 Å². The van der Waals surface area contributed by atoms with Crippen LogP contribution in [0.15, 0.2) is 23.3 Å². The van der Waals surface area contributed by atoms with Crippen molar-refractivity contribution in [2.45, 2.75) is 13.5 Å². The summed E-state index contributed by atoms with van der Waals surface area (Å²) in [4.78, 5) is 0.